The van der Waals surface area contributed by atoms with Crippen LogP contribution in [0.3, 0.4) is 0 Å². The van der Waals surface area contributed by atoms with Crippen molar-refractivity contribution < 1.29 is 5.11 Å². The molecule has 4 nitrogen and oxygen atoms in total. The summed E-state index contributed by atoms with van der Waals surface area (Å²) >= 11 is 0. The van der Waals surface area contributed by atoms with E-state index in [1.54, 1.807) is 0 Å². The lowest BCUT2D eigenvalue weighted by Gasteiger charge is -2.35. The highest BCUT2D eigenvalue weighted by atomic mass is 16.3. The largest absolute Gasteiger partial charge is 0.393 e. The van der Waals surface area contributed by atoms with Gasteiger partial charge in [-0.3, -0.25) is 0 Å². The third-order valence-corrected chi connectivity index (χ3v) is 3.78. The van der Waals surface area contributed by atoms with Crippen molar-refractivity contribution in [1.29, 1.82) is 0 Å². The Morgan fingerprint density at radius 1 is 1.42 bits per heavy atom. The smallest absolute Gasteiger partial charge is 0.135 e. The Labute approximate surface area is 115 Å². The van der Waals surface area contributed by atoms with Gasteiger partial charge in [0.05, 0.1) is 6.10 Å². The Balaban J connectivity index is 2.17. The molecule has 2 atom stereocenters. The van der Waals surface area contributed by atoms with Crippen LogP contribution in [0.2, 0.25) is 0 Å². The topological polar surface area (TPSA) is 49.2 Å². The molecule has 0 amide bonds. The van der Waals surface area contributed by atoms with Crippen molar-refractivity contribution in [2.24, 2.45) is 5.92 Å². The highest BCUT2D eigenvalue weighted by Gasteiger charge is 2.25. The first kappa shape index (κ1) is 14.3. The van der Waals surface area contributed by atoms with Gasteiger partial charge in [-0.2, -0.15) is 0 Å². The molecule has 4 heteroatoms. The SMILES string of the molecule is CC(O)C1CCCN(c2ccnc(C(C)(C)C)n2)C1. The van der Waals surface area contributed by atoms with Gasteiger partial charge in [-0.25, -0.2) is 9.97 Å². The van der Waals surface area contributed by atoms with Crippen LogP contribution < -0.4 is 4.90 Å². The van der Waals surface area contributed by atoms with E-state index in [0.717, 1.165) is 37.6 Å². The monoisotopic (exact) mass is 263 g/mol. The molecule has 0 bridgehead atoms. The second-order valence-corrected chi connectivity index (χ2v) is 6.58. The zero-order valence-corrected chi connectivity index (χ0v) is 12.4. The van der Waals surface area contributed by atoms with Crippen LogP contribution in [0.5, 0.6) is 0 Å². The Morgan fingerprint density at radius 3 is 2.79 bits per heavy atom. The fourth-order valence-corrected chi connectivity index (χ4v) is 2.50. The summed E-state index contributed by atoms with van der Waals surface area (Å²) in [5.41, 5.74) is -0.0323. The molecule has 0 aromatic carbocycles. The predicted molar refractivity (Wildman–Crippen MR) is 77.3 cm³/mol. The second-order valence-electron chi connectivity index (χ2n) is 6.58. The first-order chi connectivity index (χ1) is 8.88. The van der Waals surface area contributed by atoms with E-state index >= 15 is 0 Å². The van der Waals surface area contributed by atoms with E-state index in [1.165, 1.54) is 0 Å². The van der Waals surface area contributed by atoms with Crippen LogP contribution in [0.25, 0.3) is 0 Å². The summed E-state index contributed by atoms with van der Waals surface area (Å²) in [4.78, 5) is 11.3. The second kappa shape index (κ2) is 5.45. The van der Waals surface area contributed by atoms with Crippen LogP contribution in [-0.2, 0) is 5.41 Å². The lowest BCUT2D eigenvalue weighted by molar-refractivity contribution is 0.115. The number of anilines is 1. The van der Waals surface area contributed by atoms with E-state index in [-0.39, 0.29) is 11.5 Å². The van der Waals surface area contributed by atoms with Crippen LogP contribution in [0, 0.1) is 5.92 Å². The molecular weight excluding hydrogens is 238 g/mol. The van der Waals surface area contributed by atoms with Crippen molar-refractivity contribution in [2.75, 3.05) is 18.0 Å². The third-order valence-electron chi connectivity index (χ3n) is 3.78. The average Bonchev–Trinajstić information content (AvgIpc) is 2.38. The van der Waals surface area contributed by atoms with E-state index in [2.05, 4.69) is 30.7 Å². The Bertz CT molecular complexity index is 426. The third kappa shape index (κ3) is 3.44. The van der Waals surface area contributed by atoms with Gasteiger partial charge in [0.1, 0.15) is 11.6 Å². The maximum absolute atomic E-state index is 9.77. The highest BCUT2D eigenvalue weighted by molar-refractivity contribution is 5.38. The zero-order chi connectivity index (χ0) is 14.0. The van der Waals surface area contributed by atoms with Crippen molar-refractivity contribution in [3.63, 3.8) is 0 Å². The number of hydrogen-bond acceptors (Lipinski definition) is 4. The minimum atomic E-state index is -0.244. The van der Waals surface area contributed by atoms with Crippen LogP contribution >= 0.6 is 0 Å². The number of aromatic nitrogens is 2. The number of hydrogen-bond donors (Lipinski definition) is 1. The number of piperidine rings is 1. The van der Waals surface area contributed by atoms with E-state index in [1.807, 2.05) is 19.2 Å². The summed E-state index contributed by atoms with van der Waals surface area (Å²) in [6.45, 7) is 10.2. The van der Waals surface area contributed by atoms with Crippen LogP contribution in [0.1, 0.15) is 46.4 Å². The van der Waals surface area contributed by atoms with E-state index < -0.39 is 0 Å². The van der Waals surface area contributed by atoms with Gasteiger partial charge in [-0.05, 0) is 25.8 Å². The summed E-state index contributed by atoms with van der Waals surface area (Å²) in [6, 6.07) is 1.97. The van der Waals surface area contributed by atoms with Crippen LogP contribution in [0.15, 0.2) is 12.3 Å². The molecule has 1 saturated heterocycles. The fourth-order valence-electron chi connectivity index (χ4n) is 2.50. The van der Waals surface area contributed by atoms with Gasteiger partial charge in [0.15, 0.2) is 0 Å². The summed E-state index contributed by atoms with van der Waals surface area (Å²) in [5, 5.41) is 9.77. The summed E-state index contributed by atoms with van der Waals surface area (Å²) in [7, 11) is 0. The fraction of sp³-hybridized carbons (Fsp3) is 0.733. The predicted octanol–water partition coefficient (Wildman–Crippen LogP) is 2.37. The van der Waals surface area contributed by atoms with Gasteiger partial charge < -0.3 is 10.0 Å². The molecule has 0 aliphatic carbocycles. The summed E-state index contributed by atoms with van der Waals surface area (Å²) in [6.07, 6.45) is 3.82. The van der Waals surface area contributed by atoms with Gasteiger partial charge in [0, 0.05) is 30.6 Å². The minimum absolute atomic E-state index is 0.0323. The molecular formula is C15H25N3O. The van der Waals surface area contributed by atoms with Crippen molar-refractivity contribution in [3.8, 4) is 0 Å². The first-order valence-electron chi connectivity index (χ1n) is 7.14. The highest BCUT2D eigenvalue weighted by Crippen LogP contribution is 2.25. The molecule has 1 aromatic rings. The molecule has 1 N–H and O–H groups in total. The van der Waals surface area contributed by atoms with Crippen LogP contribution in [-0.4, -0.2) is 34.3 Å². The molecule has 1 fully saturated rings. The van der Waals surface area contributed by atoms with E-state index in [9.17, 15) is 5.11 Å². The molecule has 1 aliphatic rings. The molecule has 106 valence electrons. The quantitative estimate of drug-likeness (QED) is 0.890. The van der Waals surface area contributed by atoms with E-state index in [4.69, 9.17) is 4.98 Å². The summed E-state index contributed by atoms with van der Waals surface area (Å²) in [5.74, 6) is 2.22. The van der Waals surface area contributed by atoms with Crippen molar-refractivity contribution in [3.05, 3.63) is 18.1 Å². The lowest BCUT2D eigenvalue weighted by atomic mass is 9.93. The van der Waals surface area contributed by atoms with E-state index in [0.29, 0.717) is 5.92 Å². The molecule has 2 unspecified atom stereocenters. The Hall–Kier alpha value is -1.16. The molecule has 19 heavy (non-hydrogen) atoms. The summed E-state index contributed by atoms with van der Waals surface area (Å²) < 4.78 is 0. The average molecular weight is 263 g/mol. The van der Waals surface area contributed by atoms with Crippen molar-refractivity contribution in [2.45, 2.75) is 52.1 Å². The lowest BCUT2D eigenvalue weighted by Crippen LogP contribution is -2.40. The van der Waals surface area contributed by atoms with Gasteiger partial charge >= 0.3 is 0 Å². The molecule has 2 rings (SSSR count). The van der Waals surface area contributed by atoms with Gasteiger partial charge in [-0.1, -0.05) is 20.8 Å². The number of aliphatic hydroxyl groups excluding tert-OH is 1. The molecule has 0 radical (unpaired) electrons. The molecule has 1 aromatic heterocycles. The Kier molecular flexibility index (Phi) is 4.09. The Morgan fingerprint density at radius 2 is 2.16 bits per heavy atom. The van der Waals surface area contributed by atoms with Crippen molar-refractivity contribution >= 4 is 5.82 Å². The molecule has 0 saturated carbocycles. The van der Waals surface area contributed by atoms with Crippen LogP contribution in [0.4, 0.5) is 5.82 Å². The van der Waals surface area contributed by atoms with Gasteiger partial charge in [0.2, 0.25) is 0 Å². The molecule has 1 aliphatic heterocycles. The maximum atomic E-state index is 9.77. The number of nitrogens with zero attached hydrogens (tertiary/aromatic N) is 3. The van der Waals surface area contributed by atoms with Gasteiger partial charge in [0.25, 0.3) is 0 Å². The first-order valence-corrected chi connectivity index (χ1v) is 7.14. The standard InChI is InChI=1S/C15H25N3O/c1-11(19)12-6-5-9-18(10-12)13-7-8-16-14(17-13)15(2,3)4/h7-8,11-12,19H,5-6,9-10H2,1-4H3. The number of aliphatic hydroxyl groups is 1. The zero-order valence-electron chi connectivity index (χ0n) is 12.4. The minimum Gasteiger partial charge on any atom is -0.393 e. The number of rotatable bonds is 2. The maximum Gasteiger partial charge on any atom is 0.135 e. The van der Waals surface area contributed by atoms with Gasteiger partial charge in [-0.15, -0.1) is 0 Å². The normalized spacial score (nSPS) is 22.4. The molecule has 2 heterocycles. The molecule has 0 spiro atoms. The van der Waals surface area contributed by atoms with Crippen molar-refractivity contribution in [1.82, 2.24) is 9.97 Å².